The Kier molecular flexibility index (Phi) is 9.21. The third kappa shape index (κ3) is 6.55. The van der Waals surface area contributed by atoms with Crippen LogP contribution in [-0.4, -0.2) is 83.7 Å². The van der Waals surface area contributed by atoms with E-state index in [4.69, 9.17) is 19.4 Å². The van der Waals surface area contributed by atoms with E-state index in [0.717, 1.165) is 42.9 Å². The Morgan fingerprint density at radius 2 is 2.10 bits per heavy atom. The molecule has 0 bridgehead atoms. The van der Waals surface area contributed by atoms with Crippen LogP contribution in [-0.2, 0) is 35.4 Å². The van der Waals surface area contributed by atoms with Gasteiger partial charge in [0, 0.05) is 37.7 Å². The van der Waals surface area contributed by atoms with E-state index in [0.29, 0.717) is 51.3 Å². The minimum absolute atomic E-state index is 0.0143. The maximum atomic E-state index is 12.5. The van der Waals surface area contributed by atoms with Gasteiger partial charge in [-0.2, -0.15) is 15.2 Å². The molecule has 1 aromatic carbocycles. The molecule has 0 N–H and O–H groups in total. The topological polar surface area (TPSA) is 94.8 Å². The Morgan fingerprint density at radius 1 is 1.24 bits per heavy atom. The summed E-state index contributed by atoms with van der Waals surface area (Å²) in [5, 5.41) is 9.50. The van der Waals surface area contributed by atoms with Gasteiger partial charge in [-0.25, -0.2) is 0 Å². The summed E-state index contributed by atoms with van der Waals surface area (Å²) in [6.45, 7) is 11.8. The van der Waals surface area contributed by atoms with Gasteiger partial charge in [-0.3, -0.25) is 4.79 Å². The lowest BCUT2D eigenvalue weighted by atomic mass is 9.94. The molecule has 0 radical (unpaired) electrons. The number of nitrogens with zero attached hydrogens (tertiary/aromatic N) is 6. The zero-order chi connectivity index (χ0) is 28.9. The fourth-order valence-corrected chi connectivity index (χ4v) is 6.39. The molecule has 2 saturated heterocycles. The van der Waals surface area contributed by atoms with Gasteiger partial charge in [0.15, 0.2) is 0 Å². The van der Waals surface area contributed by atoms with Crippen molar-refractivity contribution in [1.29, 1.82) is 5.26 Å². The molecule has 0 saturated carbocycles. The van der Waals surface area contributed by atoms with Crippen LogP contribution in [0.3, 0.4) is 0 Å². The number of anilines is 1. The minimum Gasteiger partial charge on any atom is -0.462 e. The molecular weight excluding hydrogens is 516 g/mol. The van der Waals surface area contributed by atoms with Crippen LogP contribution in [0.2, 0.25) is 0 Å². The van der Waals surface area contributed by atoms with Crippen molar-refractivity contribution in [2.24, 2.45) is 0 Å². The lowest BCUT2D eigenvalue weighted by Crippen LogP contribution is -2.55. The van der Waals surface area contributed by atoms with Gasteiger partial charge in [-0.1, -0.05) is 37.3 Å². The zero-order valence-corrected chi connectivity index (χ0v) is 24.6. The van der Waals surface area contributed by atoms with E-state index in [-0.39, 0.29) is 24.5 Å². The molecule has 4 heterocycles. The van der Waals surface area contributed by atoms with E-state index in [1.165, 1.54) is 29.2 Å². The number of carbonyl (C=O) groups excluding carboxylic acids is 1. The number of hydrogen-bond donors (Lipinski definition) is 0. The van der Waals surface area contributed by atoms with Gasteiger partial charge in [0.05, 0.1) is 36.9 Å². The average Bonchev–Trinajstić information content (AvgIpc) is 3.40. The fourth-order valence-electron chi connectivity index (χ4n) is 6.39. The largest absolute Gasteiger partial charge is 0.462 e. The molecule has 3 atom stereocenters. The fraction of sp³-hybridized carbons (Fsp3) is 0.562. The number of carbonyl (C=O) groups is 1. The minimum atomic E-state index is -0.236. The van der Waals surface area contributed by atoms with Crippen LogP contribution in [0.4, 0.5) is 5.82 Å². The predicted octanol–water partition coefficient (Wildman–Crippen LogP) is 3.62. The highest BCUT2D eigenvalue weighted by Crippen LogP contribution is 2.31. The van der Waals surface area contributed by atoms with E-state index in [1.54, 1.807) is 4.90 Å². The summed E-state index contributed by atoms with van der Waals surface area (Å²) in [7, 11) is 2.14. The second kappa shape index (κ2) is 13.0. The molecule has 218 valence electrons. The lowest BCUT2D eigenvalue weighted by Gasteiger charge is -2.41. The van der Waals surface area contributed by atoms with Gasteiger partial charge in [0.1, 0.15) is 12.4 Å². The van der Waals surface area contributed by atoms with Crippen molar-refractivity contribution in [2.45, 2.75) is 77.2 Å². The first kappa shape index (κ1) is 29.0. The van der Waals surface area contributed by atoms with Crippen molar-refractivity contribution in [3.63, 3.8) is 0 Å². The number of fused-ring (bicyclic) bond motifs is 1. The molecule has 2 unspecified atom stereocenters. The number of likely N-dealkylation sites (N-methyl/N-ethyl adjacent to an activating group) is 1. The number of rotatable bonds is 9. The van der Waals surface area contributed by atoms with Gasteiger partial charge in [0.25, 0.3) is 0 Å². The second-order valence-electron chi connectivity index (χ2n) is 11.5. The number of piperazine rings is 1. The van der Waals surface area contributed by atoms with Crippen LogP contribution < -0.4 is 9.64 Å². The predicted molar refractivity (Wildman–Crippen MR) is 158 cm³/mol. The molecule has 1 amide bonds. The standard InChI is InChI=1S/C32H42N6O3/c1-5-28-29(18-27-17-23-10-9-22(3)16-24(23)20-40-27)34-32(41-21-26-8-7-13-36(26)4)35-31(28)37-14-15-38(30(39)6-2)25(19-37)11-12-33/h6,9-10,16,25-27H,2,5,7-8,11,13-15,17-21H2,1,3-4H3/t25?,26?,27-/m1/s1. The van der Waals surface area contributed by atoms with E-state index < -0.39 is 0 Å². The maximum absolute atomic E-state index is 12.5. The van der Waals surface area contributed by atoms with Gasteiger partial charge in [-0.15, -0.1) is 0 Å². The third-order valence-corrected chi connectivity index (χ3v) is 8.75. The molecule has 1 aromatic heterocycles. The number of nitriles is 1. The van der Waals surface area contributed by atoms with Crippen LogP contribution in [0, 0.1) is 18.3 Å². The molecule has 2 fully saturated rings. The highest BCUT2D eigenvalue weighted by molar-refractivity contribution is 5.87. The van der Waals surface area contributed by atoms with E-state index in [9.17, 15) is 10.1 Å². The van der Waals surface area contributed by atoms with Gasteiger partial charge < -0.3 is 24.2 Å². The molecule has 0 spiro atoms. The molecule has 0 aliphatic carbocycles. The van der Waals surface area contributed by atoms with E-state index in [1.807, 2.05) is 0 Å². The highest BCUT2D eigenvalue weighted by Gasteiger charge is 2.33. The molecule has 2 aromatic rings. The van der Waals surface area contributed by atoms with E-state index >= 15 is 0 Å². The zero-order valence-electron chi connectivity index (χ0n) is 24.6. The Morgan fingerprint density at radius 3 is 2.83 bits per heavy atom. The smallest absolute Gasteiger partial charge is 0.318 e. The van der Waals surface area contributed by atoms with Crippen molar-refractivity contribution < 1.29 is 14.3 Å². The number of ether oxygens (including phenoxy) is 2. The normalized spacial score (nSPS) is 22.7. The Hall–Kier alpha value is -3.48. The van der Waals surface area contributed by atoms with Crippen LogP contribution in [0.5, 0.6) is 6.01 Å². The van der Waals surface area contributed by atoms with Crippen molar-refractivity contribution >= 4 is 11.7 Å². The van der Waals surface area contributed by atoms with Gasteiger partial charge in [-0.05, 0) is 63.4 Å². The molecule has 5 rings (SSSR count). The van der Waals surface area contributed by atoms with E-state index in [2.05, 4.69) is 61.5 Å². The number of likely N-dealkylation sites (tertiary alicyclic amines) is 1. The molecule has 3 aliphatic rings. The molecule has 41 heavy (non-hydrogen) atoms. The maximum Gasteiger partial charge on any atom is 0.318 e. The van der Waals surface area contributed by atoms with Crippen molar-refractivity contribution in [1.82, 2.24) is 19.8 Å². The third-order valence-electron chi connectivity index (χ3n) is 8.75. The number of hydrogen-bond acceptors (Lipinski definition) is 8. The van der Waals surface area contributed by atoms with Crippen molar-refractivity contribution in [3.8, 4) is 12.1 Å². The summed E-state index contributed by atoms with van der Waals surface area (Å²) < 4.78 is 12.6. The van der Waals surface area contributed by atoms with Gasteiger partial charge in [0.2, 0.25) is 5.91 Å². The van der Waals surface area contributed by atoms with Crippen LogP contribution in [0.25, 0.3) is 0 Å². The average molecular weight is 559 g/mol. The SMILES string of the molecule is C=CC(=O)N1CCN(c2nc(OCC3CCCN3C)nc(C[C@H]3Cc4ccc(C)cc4CO3)c2CC)CC1CC#N. The summed E-state index contributed by atoms with van der Waals surface area (Å²) in [5.41, 5.74) is 5.88. The van der Waals surface area contributed by atoms with Crippen molar-refractivity contribution in [3.05, 3.63) is 58.8 Å². The number of benzene rings is 1. The van der Waals surface area contributed by atoms with Crippen LogP contribution in [0.15, 0.2) is 30.9 Å². The lowest BCUT2D eigenvalue weighted by molar-refractivity contribution is -0.128. The van der Waals surface area contributed by atoms with Crippen molar-refractivity contribution in [2.75, 3.05) is 44.7 Å². The van der Waals surface area contributed by atoms with Crippen LogP contribution >= 0.6 is 0 Å². The first-order valence-corrected chi connectivity index (χ1v) is 14.9. The summed E-state index contributed by atoms with van der Waals surface area (Å²) in [6.07, 6.45) is 6.14. The number of aryl methyl sites for hydroxylation is 1. The molecule has 9 heteroatoms. The first-order valence-electron chi connectivity index (χ1n) is 14.9. The summed E-state index contributed by atoms with van der Waals surface area (Å²) in [5.74, 6) is 0.700. The summed E-state index contributed by atoms with van der Waals surface area (Å²) in [6, 6.07) is 9.37. The Bertz CT molecular complexity index is 1310. The second-order valence-corrected chi connectivity index (χ2v) is 11.5. The first-order chi connectivity index (χ1) is 19.9. The monoisotopic (exact) mass is 558 g/mol. The molecule has 3 aliphatic heterocycles. The number of aromatic nitrogens is 2. The Labute approximate surface area is 243 Å². The Balaban J connectivity index is 1.44. The van der Waals surface area contributed by atoms with Crippen LogP contribution in [0.1, 0.15) is 54.1 Å². The molecule has 9 nitrogen and oxygen atoms in total. The summed E-state index contributed by atoms with van der Waals surface area (Å²) in [4.78, 5) is 28.7. The quantitative estimate of drug-likeness (QED) is 0.431. The summed E-state index contributed by atoms with van der Waals surface area (Å²) >= 11 is 0. The molecular formula is C32H42N6O3. The highest BCUT2D eigenvalue weighted by atomic mass is 16.5. The van der Waals surface area contributed by atoms with Gasteiger partial charge >= 0.3 is 6.01 Å². The number of amides is 1.